The van der Waals surface area contributed by atoms with Gasteiger partial charge < -0.3 is 14.9 Å². The molecule has 0 amide bonds. The summed E-state index contributed by atoms with van der Waals surface area (Å²) < 4.78 is 29.6. The number of rotatable bonds is 2. The average Bonchev–Trinajstić information content (AvgIpc) is 3.18. The normalized spacial score (nSPS) is 36.2. The highest BCUT2D eigenvalue weighted by atomic mass is 32.2. The lowest BCUT2D eigenvalue weighted by Gasteiger charge is -2.30. The molecule has 0 aromatic carbocycles. The Labute approximate surface area is 140 Å². The number of esters is 1. The van der Waals surface area contributed by atoms with Crippen LogP contribution in [0, 0.1) is 23.7 Å². The molecule has 130 valence electrons. The summed E-state index contributed by atoms with van der Waals surface area (Å²) in [5, 5.41) is 21.4. The zero-order valence-electron chi connectivity index (χ0n) is 13.6. The highest BCUT2D eigenvalue weighted by molar-refractivity contribution is 7.95. The summed E-state index contributed by atoms with van der Waals surface area (Å²) >= 11 is 0. The molecule has 6 nitrogen and oxygen atoms in total. The van der Waals surface area contributed by atoms with Crippen molar-refractivity contribution in [3.05, 3.63) is 33.1 Å². The zero-order valence-corrected chi connectivity index (χ0v) is 14.4. The van der Waals surface area contributed by atoms with Crippen molar-refractivity contribution in [3.63, 3.8) is 0 Å². The molecule has 0 aromatic rings. The van der Waals surface area contributed by atoms with Gasteiger partial charge in [0.25, 0.3) is 0 Å². The number of ether oxygens (including phenoxy) is 1. The fourth-order valence-electron chi connectivity index (χ4n) is 4.69. The van der Waals surface area contributed by atoms with Gasteiger partial charge in [-0.25, -0.2) is 8.42 Å². The summed E-state index contributed by atoms with van der Waals surface area (Å²) in [4.78, 5) is 12.5. The molecule has 7 heteroatoms. The number of fused-ring (bicyclic) bond motifs is 4. The Morgan fingerprint density at radius 2 is 1.92 bits per heavy atom. The molecule has 0 spiro atoms. The molecule has 2 fully saturated rings. The van der Waals surface area contributed by atoms with Gasteiger partial charge in [-0.1, -0.05) is 5.57 Å². The fraction of sp³-hybridized carbons (Fsp3) is 0.588. The van der Waals surface area contributed by atoms with Crippen molar-refractivity contribution in [1.82, 2.24) is 0 Å². The molecule has 0 radical (unpaired) electrons. The third-order valence-corrected chi connectivity index (χ3v) is 7.73. The van der Waals surface area contributed by atoms with E-state index in [4.69, 9.17) is 4.74 Å². The van der Waals surface area contributed by atoms with E-state index in [0.717, 1.165) is 5.57 Å². The van der Waals surface area contributed by atoms with E-state index in [-0.39, 0.29) is 23.9 Å². The molecule has 0 bridgehead atoms. The third-order valence-electron chi connectivity index (χ3n) is 5.66. The van der Waals surface area contributed by atoms with Crippen LogP contribution in [0.3, 0.4) is 0 Å². The van der Waals surface area contributed by atoms with E-state index in [2.05, 4.69) is 0 Å². The van der Waals surface area contributed by atoms with Gasteiger partial charge in [0.05, 0.1) is 23.2 Å². The molecule has 4 atom stereocenters. The van der Waals surface area contributed by atoms with Crippen molar-refractivity contribution in [2.75, 3.05) is 12.4 Å². The molecule has 1 aliphatic heterocycles. The minimum atomic E-state index is -3.29. The van der Waals surface area contributed by atoms with Gasteiger partial charge in [-0.3, -0.25) is 4.79 Å². The minimum absolute atomic E-state index is 0.0601. The van der Waals surface area contributed by atoms with Crippen LogP contribution < -0.4 is 0 Å². The van der Waals surface area contributed by atoms with Crippen LogP contribution in [0.5, 0.6) is 0 Å². The van der Waals surface area contributed by atoms with Gasteiger partial charge in [0.15, 0.2) is 9.84 Å². The molecule has 1 heterocycles. The van der Waals surface area contributed by atoms with Crippen LogP contribution in [0.15, 0.2) is 33.1 Å². The number of hydrogen-bond donors (Lipinski definition) is 2. The number of aliphatic hydroxyl groups excluding tert-OH is 2. The maximum atomic E-state index is 12.3. The first kappa shape index (κ1) is 15.7. The zero-order chi connectivity index (χ0) is 17.4. The number of carbonyl (C=O) groups is 1. The second kappa shape index (κ2) is 4.88. The van der Waals surface area contributed by atoms with Gasteiger partial charge in [-0.15, -0.1) is 0 Å². The van der Waals surface area contributed by atoms with Crippen molar-refractivity contribution < 1.29 is 28.2 Å². The first-order valence-corrected chi connectivity index (χ1v) is 9.89. The van der Waals surface area contributed by atoms with Crippen molar-refractivity contribution in [2.24, 2.45) is 23.7 Å². The van der Waals surface area contributed by atoms with Crippen molar-refractivity contribution in [3.8, 4) is 0 Å². The van der Waals surface area contributed by atoms with Crippen LogP contribution in [-0.2, 0) is 19.4 Å². The maximum Gasteiger partial charge on any atom is 0.310 e. The predicted molar refractivity (Wildman–Crippen MR) is 85.6 cm³/mol. The molecule has 4 aliphatic rings. The summed E-state index contributed by atoms with van der Waals surface area (Å²) in [5.74, 6) is -2.06. The minimum Gasteiger partial charge on any atom is -0.512 e. The molecule has 1 saturated heterocycles. The summed E-state index contributed by atoms with van der Waals surface area (Å²) in [5.41, 5.74) is 1.86. The summed E-state index contributed by atoms with van der Waals surface area (Å²) in [7, 11) is -3.29. The van der Waals surface area contributed by atoms with E-state index in [9.17, 15) is 23.4 Å². The molecule has 24 heavy (non-hydrogen) atoms. The van der Waals surface area contributed by atoms with Crippen LogP contribution in [-0.4, -0.2) is 37.0 Å². The monoisotopic (exact) mass is 352 g/mol. The molecule has 4 unspecified atom stereocenters. The van der Waals surface area contributed by atoms with Crippen LogP contribution in [0.1, 0.15) is 26.7 Å². The Balaban J connectivity index is 1.82. The lowest BCUT2D eigenvalue weighted by molar-refractivity contribution is -0.145. The van der Waals surface area contributed by atoms with Crippen LogP contribution in [0.25, 0.3) is 0 Å². The second-order valence-corrected chi connectivity index (χ2v) is 9.05. The Bertz CT molecular complexity index is 844. The van der Waals surface area contributed by atoms with E-state index in [0.29, 0.717) is 28.9 Å². The Kier molecular flexibility index (Phi) is 3.20. The van der Waals surface area contributed by atoms with Gasteiger partial charge in [0.1, 0.15) is 11.5 Å². The van der Waals surface area contributed by atoms with Gasteiger partial charge in [0.2, 0.25) is 0 Å². The fourth-order valence-corrected chi connectivity index (χ4v) is 6.73. The molecule has 0 aromatic heterocycles. The standard InChI is InChI=1S/C17H20O6S/c1-3-23-17(20)13-11-12(13)15(19)10-8-4-5-24(21,22)16(8)7(2)6-9(10)14(11)18/h8,11-13,18-19H,3-6H2,1-2H3. The molecule has 4 rings (SSSR count). The number of hydrogen-bond acceptors (Lipinski definition) is 6. The lowest BCUT2D eigenvalue weighted by Crippen LogP contribution is -2.21. The molecular weight excluding hydrogens is 332 g/mol. The van der Waals surface area contributed by atoms with E-state index < -0.39 is 39.5 Å². The number of sulfone groups is 1. The predicted octanol–water partition coefficient (Wildman–Crippen LogP) is 2.16. The topological polar surface area (TPSA) is 101 Å². The van der Waals surface area contributed by atoms with Crippen molar-refractivity contribution in [1.29, 1.82) is 0 Å². The Hall–Kier alpha value is -1.76. The second-order valence-electron chi connectivity index (χ2n) is 6.97. The SMILES string of the molecule is CCOC(=O)C1C2C(O)=C3CC(C)=C4C(CCS4(=O)=O)C3=C(O)C12. The van der Waals surface area contributed by atoms with Crippen LogP contribution in [0.4, 0.5) is 0 Å². The van der Waals surface area contributed by atoms with E-state index in [1.165, 1.54) is 0 Å². The van der Waals surface area contributed by atoms with Crippen LogP contribution in [0.2, 0.25) is 0 Å². The van der Waals surface area contributed by atoms with Crippen molar-refractivity contribution in [2.45, 2.75) is 26.7 Å². The molecule has 1 saturated carbocycles. The number of allylic oxidation sites excluding steroid dienone is 6. The molecular formula is C17H20O6S. The highest BCUT2D eigenvalue weighted by Gasteiger charge is 2.64. The number of aliphatic hydroxyl groups is 2. The van der Waals surface area contributed by atoms with Gasteiger partial charge in [-0.05, 0) is 26.7 Å². The molecule has 2 N–H and O–H groups in total. The highest BCUT2D eigenvalue weighted by Crippen LogP contribution is 2.63. The maximum absolute atomic E-state index is 12.3. The Morgan fingerprint density at radius 1 is 1.25 bits per heavy atom. The smallest absolute Gasteiger partial charge is 0.310 e. The Morgan fingerprint density at radius 3 is 2.58 bits per heavy atom. The van der Waals surface area contributed by atoms with E-state index in [1.807, 2.05) is 0 Å². The summed E-state index contributed by atoms with van der Waals surface area (Å²) in [6, 6.07) is 0. The summed E-state index contributed by atoms with van der Waals surface area (Å²) in [6.07, 6.45) is 0.710. The van der Waals surface area contributed by atoms with Crippen LogP contribution >= 0.6 is 0 Å². The van der Waals surface area contributed by atoms with Gasteiger partial charge in [-0.2, -0.15) is 0 Å². The van der Waals surface area contributed by atoms with Gasteiger partial charge in [0, 0.05) is 28.9 Å². The van der Waals surface area contributed by atoms with E-state index >= 15 is 0 Å². The van der Waals surface area contributed by atoms with E-state index in [1.54, 1.807) is 13.8 Å². The summed E-state index contributed by atoms with van der Waals surface area (Å²) in [6.45, 7) is 3.72. The first-order valence-electron chi connectivity index (χ1n) is 8.24. The largest absolute Gasteiger partial charge is 0.512 e. The van der Waals surface area contributed by atoms with Gasteiger partial charge >= 0.3 is 5.97 Å². The third kappa shape index (κ3) is 1.87. The number of carbonyl (C=O) groups excluding carboxylic acids is 1. The first-order chi connectivity index (χ1) is 11.3. The quantitative estimate of drug-likeness (QED) is 0.739. The average molecular weight is 352 g/mol. The van der Waals surface area contributed by atoms with Crippen molar-refractivity contribution >= 4 is 15.8 Å². The lowest BCUT2D eigenvalue weighted by atomic mass is 9.76. The molecule has 3 aliphatic carbocycles.